The molecule has 0 radical (unpaired) electrons. The molecule has 0 saturated heterocycles. The van der Waals surface area contributed by atoms with Crippen LogP contribution in [0.3, 0.4) is 0 Å². The molecule has 0 spiro atoms. The fraction of sp³-hybridized carbons (Fsp3) is 0. The molecule has 0 fully saturated rings. The number of rotatable bonds is 5. The summed E-state index contributed by atoms with van der Waals surface area (Å²) >= 11 is 0. The van der Waals surface area contributed by atoms with Gasteiger partial charge in [0.2, 0.25) is 0 Å². The van der Waals surface area contributed by atoms with Crippen molar-refractivity contribution >= 4 is 65.6 Å². The number of nitrogens with zero attached hydrogens (tertiary/aromatic N) is 5. The molecule has 6 heteroatoms. The first kappa shape index (κ1) is 31.5. The highest BCUT2D eigenvalue weighted by Gasteiger charge is 2.23. The van der Waals surface area contributed by atoms with Gasteiger partial charge in [0, 0.05) is 54.7 Å². The molecule has 266 valence electrons. The SMILES string of the molecule is c1ccc(-c2nc(-c3ccccc3)nc(-c3ccc(-n4c5ccccc5c5ccc6c7ccccc7oc6c54)cc3-n3c4ccccc4c4ccccc43)n2)cc1. The quantitative estimate of drug-likeness (QED) is 0.177. The minimum atomic E-state index is 0.591. The Balaban J connectivity index is 1.21. The molecule has 0 amide bonds. The van der Waals surface area contributed by atoms with Crippen molar-refractivity contribution in [1.29, 1.82) is 0 Å². The molecule has 0 aliphatic rings. The number of para-hydroxylation sites is 4. The molecule has 0 saturated carbocycles. The van der Waals surface area contributed by atoms with Crippen molar-refractivity contribution in [1.82, 2.24) is 24.1 Å². The first-order valence-corrected chi connectivity index (χ1v) is 19.1. The maximum atomic E-state index is 6.73. The minimum absolute atomic E-state index is 0.591. The second kappa shape index (κ2) is 12.3. The molecule has 0 N–H and O–H groups in total. The maximum absolute atomic E-state index is 6.73. The van der Waals surface area contributed by atoms with E-state index in [0.717, 1.165) is 82.8 Å². The zero-order valence-corrected chi connectivity index (χ0v) is 30.5. The zero-order chi connectivity index (χ0) is 37.5. The van der Waals surface area contributed by atoms with Gasteiger partial charge in [-0.3, -0.25) is 0 Å². The molecule has 57 heavy (non-hydrogen) atoms. The van der Waals surface area contributed by atoms with Crippen molar-refractivity contribution in [2.75, 3.05) is 0 Å². The van der Waals surface area contributed by atoms with Gasteiger partial charge in [-0.25, -0.2) is 15.0 Å². The van der Waals surface area contributed by atoms with Crippen LogP contribution >= 0.6 is 0 Å². The Hall–Kier alpha value is -7.83. The first-order valence-electron chi connectivity index (χ1n) is 19.1. The standard InChI is InChI=1S/C51H31N5O/c1-3-15-32(16-4-1)49-52-50(33-17-5-2-6-18-33)54-51(53-49)41-28-27-34(31-45(41)56-43-24-12-7-19-35(43)36-20-8-13-25-44(36)56)55-42-23-11-9-21-37(42)39-29-30-40-38-22-10-14-26-46(38)57-48(40)47(39)55/h1-31H. The summed E-state index contributed by atoms with van der Waals surface area (Å²) in [6, 6.07) is 65.5. The fourth-order valence-corrected chi connectivity index (χ4v) is 8.64. The van der Waals surface area contributed by atoms with E-state index in [1.165, 1.54) is 10.8 Å². The first-order chi connectivity index (χ1) is 28.3. The zero-order valence-electron chi connectivity index (χ0n) is 30.5. The van der Waals surface area contributed by atoms with Crippen LogP contribution in [0.15, 0.2) is 192 Å². The van der Waals surface area contributed by atoms with E-state index in [1.54, 1.807) is 0 Å². The van der Waals surface area contributed by atoms with Crippen LogP contribution in [0.1, 0.15) is 0 Å². The lowest BCUT2D eigenvalue weighted by atomic mass is 10.1. The highest BCUT2D eigenvalue weighted by molar-refractivity contribution is 6.21. The van der Waals surface area contributed by atoms with Crippen LogP contribution in [0.2, 0.25) is 0 Å². The van der Waals surface area contributed by atoms with Crippen LogP contribution < -0.4 is 0 Å². The second-order valence-electron chi connectivity index (χ2n) is 14.4. The van der Waals surface area contributed by atoms with Gasteiger partial charge < -0.3 is 13.6 Å². The van der Waals surface area contributed by atoms with Crippen LogP contribution in [0, 0.1) is 0 Å². The molecule has 12 rings (SSSR count). The third kappa shape index (κ3) is 4.81. The number of fused-ring (bicyclic) bond motifs is 10. The average molecular weight is 730 g/mol. The van der Waals surface area contributed by atoms with Crippen molar-refractivity contribution < 1.29 is 4.42 Å². The highest BCUT2D eigenvalue weighted by atomic mass is 16.3. The van der Waals surface area contributed by atoms with Crippen molar-refractivity contribution in [2.45, 2.75) is 0 Å². The lowest BCUT2D eigenvalue weighted by Gasteiger charge is -2.17. The molecule has 8 aromatic carbocycles. The predicted octanol–water partition coefficient (Wildman–Crippen LogP) is 13.0. The molecular formula is C51H31N5O. The minimum Gasteiger partial charge on any atom is -0.454 e. The van der Waals surface area contributed by atoms with E-state index in [9.17, 15) is 0 Å². The number of benzene rings is 8. The Morgan fingerprint density at radius 1 is 0.368 bits per heavy atom. The summed E-state index contributed by atoms with van der Waals surface area (Å²) in [4.78, 5) is 15.5. The smallest absolute Gasteiger partial charge is 0.166 e. The van der Waals surface area contributed by atoms with Crippen molar-refractivity contribution in [3.63, 3.8) is 0 Å². The molecule has 0 unspecified atom stereocenters. The lowest BCUT2D eigenvalue weighted by molar-refractivity contribution is 0.671. The van der Waals surface area contributed by atoms with E-state index in [0.29, 0.717) is 17.5 Å². The van der Waals surface area contributed by atoms with Gasteiger partial charge in [-0.15, -0.1) is 0 Å². The number of hydrogen-bond acceptors (Lipinski definition) is 4. The Morgan fingerprint density at radius 3 is 1.49 bits per heavy atom. The van der Waals surface area contributed by atoms with Gasteiger partial charge in [0.05, 0.1) is 27.8 Å². The number of furan rings is 1. The van der Waals surface area contributed by atoms with Crippen LogP contribution in [-0.4, -0.2) is 24.1 Å². The van der Waals surface area contributed by atoms with E-state index in [1.807, 2.05) is 72.8 Å². The second-order valence-corrected chi connectivity index (χ2v) is 14.4. The van der Waals surface area contributed by atoms with Gasteiger partial charge >= 0.3 is 0 Å². The monoisotopic (exact) mass is 729 g/mol. The largest absolute Gasteiger partial charge is 0.454 e. The van der Waals surface area contributed by atoms with Crippen molar-refractivity contribution in [2.24, 2.45) is 0 Å². The van der Waals surface area contributed by atoms with E-state index < -0.39 is 0 Å². The van der Waals surface area contributed by atoms with Crippen molar-refractivity contribution in [3.05, 3.63) is 188 Å². The van der Waals surface area contributed by atoms with Gasteiger partial charge in [0.25, 0.3) is 0 Å². The summed E-state index contributed by atoms with van der Waals surface area (Å²) in [5.74, 6) is 1.82. The summed E-state index contributed by atoms with van der Waals surface area (Å²) in [6.45, 7) is 0. The van der Waals surface area contributed by atoms with E-state index in [4.69, 9.17) is 19.4 Å². The summed E-state index contributed by atoms with van der Waals surface area (Å²) in [6.07, 6.45) is 0. The molecule has 12 aromatic rings. The summed E-state index contributed by atoms with van der Waals surface area (Å²) in [5, 5.41) is 6.85. The average Bonchev–Trinajstić information content (AvgIpc) is 3.95. The number of aromatic nitrogens is 5. The molecule has 0 aliphatic heterocycles. The third-order valence-electron chi connectivity index (χ3n) is 11.2. The maximum Gasteiger partial charge on any atom is 0.166 e. The van der Waals surface area contributed by atoms with Crippen LogP contribution in [0.25, 0.3) is 111 Å². The Kier molecular flexibility index (Phi) is 6.83. The summed E-state index contributed by atoms with van der Waals surface area (Å²) in [7, 11) is 0. The Morgan fingerprint density at radius 2 is 0.860 bits per heavy atom. The number of hydrogen-bond donors (Lipinski definition) is 0. The summed E-state index contributed by atoms with van der Waals surface area (Å²) < 4.78 is 11.4. The van der Waals surface area contributed by atoms with E-state index in [-0.39, 0.29) is 0 Å². The Bertz CT molecular complexity index is 3410. The Labute approximate surface area is 326 Å². The fourth-order valence-electron chi connectivity index (χ4n) is 8.64. The van der Waals surface area contributed by atoms with Gasteiger partial charge in [0.15, 0.2) is 23.1 Å². The third-order valence-corrected chi connectivity index (χ3v) is 11.2. The normalized spacial score (nSPS) is 11.9. The van der Waals surface area contributed by atoms with Crippen LogP contribution in [-0.2, 0) is 0 Å². The molecule has 6 nitrogen and oxygen atoms in total. The topological polar surface area (TPSA) is 61.7 Å². The van der Waals surface area contributed by atoms with Gasteiger partial charge in [-0.05, 0) is 48.5 Å². The van der Waals surface area contributed by atoms with Gasteiger partial charge in [-0.2, -0.15) is 0 Å². The predicted molar refractivity (Wildman–Crippen MR) is 232 cm³/mol. The van der Waals surface area contributed by atoms with Crippen LogP contribution in [0.4, 0.5) is 0 Å². The molecule has 0 atom stereocenters. The molecule has 0 aliphatic carbocycles. The van der Waals surface area contributed by atoms with Gasteiger partial charge in [0.1, 0.15) is 5.58 Å². The molecule has 4 heterocycles. The molecule has 4 aromatic heterocycles. The molecule has 0 bridgehead atoms. The van der Waals surface area contributed by atoms with Crippen LogP contribution in [0.5, 0.6) is 0 Å². The van der Waals surface area contributed by atoms with E-state index in [2.05, 4.69) is 124 Å². The van der Waals surface area contributed by atoms with Crippen molar-refractivity contribution in [3.8, 4) is 45.5 Å². The highest BCUT2D eigenvalue weighted by Crippen LogP contribution is 2.42. The summed E-state index contributed by atoms with van der Waals surface area (Å²) in [5.41, 5.74) is 10.7. The van der Waals surface area contributed by atoms with E-state index >= 15 is 0 Å². The lowest BCUT2D eigenvalue weighted by Crippen LogP contribution is -2.05. The molecular weight excluding hydrogens is 699 g/mol. The van der Waals surface area contributed by atoms with Gasteiger partial charge in [-0.1, -0.05) is 140 Å².